The molecule has 0 amide bonds. The van der Waals surface area contributed by atoms with Gasteiger partial charge in [0.25, 0.3) is 0 Å². The van der Waals surface area contributed by atoms with Gasteiger partial charge in [-0.25, -0.2) is 4.98 Å². The second-order valence-electron chi connectivity index (χ2n) is 14.8. The van der Waals surface area contributed by atoms with Gasteiger partial charge in [-0.1, -0.05) is 127 Å². The van der Waals surface area contributed by atoms with Crippen molar-refractivity contribution < 1.29 is 25.8 Å². The van der Waals surface area contributed by atoms with Gasteiger partial charge in [-0.2, -0.15) is 12.1 Å². The Morgan fingerprint density at radius 2 is 1.20 bits per heavy atom. The largest absolute Gasteiger partial charge is 0.509 e. The van der Waals surface area contributed by atoms with Gasteiger partial charge in [0, 0.05) is 92.6 Å². The van der Waals surface area contributed by atoms with E-state index in [9.17, 15) is 0 Å². The van der Waals surface area contributed by atoms with Crippen LogP contribution in [0.5, 0.6) is 11.5 Å². The molecule has 1 aliphatic rings. The Balaban J connectivity index is 0.00000420. The summed E-state index contributed by atoms with van der Waals surface area (Å²) in [4.78, 5) is 9.35. The fourth-order valence-corrected chi connectivity index (χ4v) is 9.85. The van der Waals surface area contributed by atoms with Crippen LogP contribution in [0, 0.1) is 18.8 Å². The van der Waals surface area contributed by atoms with E-state index in [1.54, 1.807) is 0 Å². The standard InChI is InChI=1S/C54H33N4OS.Pt/c1-3-15-36(16-4-1)41-23-14-24-42(37-17-5-2-6-18-37)53(41)57-35-56(47-30-31-50-52(54(47)57)45-22-8-10-26-49(45)60-50)38-19-13-20-39(33-38)59-40-28-29-44-43-21-7-9-25-46(43)58(48(44)34-40)51-27-11-12-32-55-51;/h1-32,35H;/q-3;. The monoisotopic (exact) mass is 980 g/mol. The van der Waals surface area contributed by atoms with Crippen LogP contribution in [0.2, 0.25) is 0 Å². The van der Waals surface area contributed by atoms with Crippen molar-refractivity contribution in [3.8, 4) is 39.6 Å². The topological polar surface area (TPSA) is 33.5 Å². The molecule has 0 radical (unpaired) electrons. The van der Waals surface area contributed by atoms with Crippen LogP contribution in [0.1, 0.15) is 0 Å². The van der Waals surface area contributed by atoms with Crippen LogP contribution < -0.4 is 14.5 Å². The molecule has 294 valence electrons. The normalized spacial score (nSPS) is 12.3. The Labute approximate surface area is 371 Å². The Bertz CT molecular complexity index is 3340. The molecule has 0 spiro atoms. The van der Waals surface area contributed by atoms with Gasteiger partial charge in [0.15, 0.2) is 0 Å². The maximum Gasteiger partial charge on any atom is 0.135 e. The molecule has 0 unspecified atom stereocenters. The predicted molar refractivity (Wildman–Crippen MR) is 248 cm³/mol. The van der Waals surface area contributed by atoms with Gasteiger partial charge in [0.1, 0.15) is 5.82 Å². The molecular formula is C54H33N4OPtS-3. The van der Waals surface area contributed by atoms with Crippen LogP contribution in [0.15, 0.2) is 194 Å². The van der Waals surface area contributed by atoms with Gasteiger partial charge in [0.2, 0.25) is 0 Å². The summed E-state index contributed by atoms with van der Waals surface area (Å²) in [7, 11) is 0. The van der Waals surface area contributed by atoms with Crippen molar-refractivity contribution in [3.63, 3.8) is 0 Å². The van der Waals surface area contributed by atoms with Gasteiger partial charge >= 0.3 is 0 Å². The molecule has 0 N–H and O–H groups in total. The van der Waals surface area contributed by atoms with Crippen molar-refractivity contribution in [1.82, 2.24) is 9.55 Å². The SMILES string of the molecule is [Pt].[c-]1c(Oc2[c-]c3c(cc2)c2ccccc2n3-c2ccccn2)cccc1N1[CH-]N(c2c(-c3ccccc3)cccc2-c2ccccc2)c2c1ccc1sc3ccccc3c21. The Kier molecular flexibility index (Phi) is 9.26. The molecule has 7 heteroatoms. The average Bonchev–Trinajstić information content (AvgIpc) is 3.99. The number of hydrogen-bond donors (Lipinski definition) is 0. The summed E-state index contributed by atoms with van der Waals surface area (Å²) in [6, 6.07) is 73.0. The summed E-state index contributed by atoms with van der Waals surface area (Å²) in [6.07, 6.45) is 1.82. The summed E-state index contributed by atoms with van der Waals surface area (Å²) < 4.78 is 11.3. The van der Waals surface area contributed by atoms with Crippen LogP contribution in [-0.4, -0.2) is 9.55 Å². The van der Waals surface area contributed by atoms with Crippen LogP contribution in [-0.2, 0) is 21.1 Å². The maximum absolute atomic E-state index is 6.65. The fourth-order valence-electron chi connectivity index (χ4n) is 8.74. The van der Waals surface area contributed by atoms with Crippen LogP contribution in [0.3, 0.4) is 0 Å². The molecule has 0 fully saturated rings. The smallest absolute Gasteiger partial charge is 0.135 e. The summed E-state index contributed by atoms with van der Waals surface area (Å²) >= 11 is 1.83. The molecule has 0 bridgehead atoms. The van der Waals surface area contributed by atoms with Crippen molar-refractivity contribution in [3.05, 3.63) is 213 Å². The zero-order chi connectivity index (χ0) is 39.6. The summed E-state index contributed by atoms with van der Waals surface area (Å²) in [5.74, 6) is 2.02. The van der Waals surface area contributed by atoms with E-state index >= 15 is 0 Å². The zero-order valence-corrected chi connectivity index (χ0v) is 35.6. The van der Waals surface area contributed by atoms with Crippen molar-refractivity contribution in [2.75, 3.05) is 9.80 Å². The molecule has 12 rings (SSSR count). The van der Waals surface area contributed by atoms with Crippen LogP contribution >= 0.6 is 11.3 Å². The number of para-hydroxylation sites is 2. The molecule has 1 aliphatic heterocycles. The van der Waals surface area contributed by atoms with Crippen molar-refractivity contribution >= 4 is 76.1 Å². The van der Waals surface area contributed by atoms with Gasteiger partial charge in [-0.05, 0) is 52.9 Å². The predicted octanol–water partition coefficient (Wildman–Crippen LogP) is 14.7. The molecular weight excluding hydrogens is 948 g/mol. The molecule has 61 heavy (non-hydrogen) atoms. The average molecular weight is 981 g/mol. The fraction of sp³-hybridized carbons (Fsp3) is 0. The first kappa shape index (κ1) is 37.0. The number of thiophene rings is 1. The van der Waals surface area contributed by atoms with Gasteiger partial charge in [-0.15, -0.1) is 59.4 Å². The minimum Gasteiger partial charge on any atom is -0.509 e. The number of fused-ring (bicyclic) bond motifs is 8. The molecule has 8 aromatic carbocycles. The maximum atomic E-state index is 6.65. The third-order valence-electron chi connectivity index (χ3n) is 11.3. The van der Waals surface area contributed by atoms with Crippen molar-refractivity contribution in [2.24, 2.45) is 0 Å². The molecule has 4 heterocycles. The van der Waals surface area contributed by atoms with E-state index in [-0.39, 0.29) is 21.1 Å². The summed E-state index contributed by atoms with van der Waals surface area (Å²) in [6.45, 7) is 2.23. The molecule has 0 aliphatic carbocycles. The molecule has 0 saturated carbocycles. The second-order valence-corrected chi connectivity index (χ2v) is 15.9. The van der Waals surface area contributed by atoms with E-state index in [4.69, 9.17) is 9.72 Å². The zero-order valence-electron chi connectivity index (χ0n) is 32.5. The minimum absolute atomic E-state index is 0. The molecule has 0 atom stereocenters. The first-order valence-corrected chi connectivity index (χ1v) is 20.8. The van der Waals surface area contributed by atoms with E-state index in [2.05, 4.69) is 185 Å². The number of ether oxygens (including phenoxy) is 1. The van der Waals surface area contributed by atoms with E-state index in [1.165, 1.54) is 20.2 Å². The van der Waals surface area contributed by atoms with Crippen molar-refractivity contribution in [1.29, 1.82) is 0 Å². The summed E-state index contributed by atoms with van der Waals surface area (Å²) in [5, 5.41) is 4.69. The van der Waals surface area contributed by atoms with E-state index in [0.29, 0.717) is 11.5 Å². The van der Waals surface area contributed by atoms with Gasteiger partial charge < -0.3 is 19.1 Å². The van der Waals surface area contributed by atoms with Gasteiger partial charge in [-0.3, -0.25) is 0 Å². The first-order chi connectivity index (χ1) is 29.8. The van der Waals surface area contributed by atoms with E-state index in [0.717, 1.165) is 72.6 Å². The number of hydrogen-bond acceptors (Lipinski definition) is 5. The second kappa shape index (κ2) is 15.2. The number of anilines is 4. The van der Waals surface area contributed by atoms with Crippen LogP contribution in [0.25, 0.3) is 70.0 Å². The van der Waals surface area contributed by atoms with Crippen molar-refractivity contribution in [2.45, 2.75) is 0 Å². The van der Waals surface area contributed by atoms with E-state index in [1.807, 2.05) is 53.9 Å². The number of aromatic nitrogens is 2. The minimum atomic E-state index is 0. The molecule has 5 nitrogen and oxygen atoms in total. The Hall–Kier alpha value is -6.98. The number of nitrogens with zero attached hydrogens (tertiary/aromatic N) is 4. The van der Waals surface area contributed by atoms with Crippen LogP contribution in [0.4, 0.5) is 22.7 Å². The third kappa shape index (κ3) is 6.21. The number of benzene rings is 8. The Morgan fingerprint density at radius 1 is 0.508 bits per heavy atom. The molecule has 3 aromatic heterocycles. The Morgan fingerprint density at radius 3 is 1.97 bits per heavy atom. The number of pyridine rings is 1. The third-order valence-corrected chi connectivity index (χ3v) is 12.5. The molecule has 0 saturated heterocycles. The quantitative estimate of drug-likeness (QED) is 0.149. The first-order valence-electron chi connectivity index (χ1n) is 20.0. The summed E-state index contributed by atoms with van der Waals surface area (Å²) in [5.41, 5.74) is 10.7. The molecule has 11 aromatic rings. The van der Waals surface area contributed by atoms with Gasteiger partial charge in [0.05, 0.1) is 0 Å². The number of rotatable bonds is 7. The van der Waals surface area contributed by atoms with E-state index < -0.39 is 0 Å².